The SMILES string of the molecule is CN(C)CC1(C(c2cc(F)cc(F)c2)S(C)(=O)=O)CN(C(c2ccc(Cl)cc2)c2ccc(Cl)cc2)C1. The molecule has 1 heterocycles. The maximum Gasteiger partial charge on any atom is 0.155 e. The van der Waals surface area contributed by atoms with Gasteiger partial charge in [0.25, 0.3) is 0 Å². The summed E-state index contributed by atoms with van der Waals surface area (Å²) in [4.78, 5) is 4.11. The van der Waals surface area contributed by atoms with E-state index in [9.17, 15) is 17.2 Å². The molecule has 0 spiro atoms. The number of rotatable bonds is 8. The number of likely N-dealkylation sites (tertiary alicyclic amines) is 1. The predicted octanol–water partition coefficient (Wildman–Crippen LogP) is 6.01. The molecule has 0 bridgehead atoms. The van der Waals surface area contributed by atoms with E-state index in [2.05, 4.69) is 4.90 Å². The first-order chi connectivity index (χ1) is 16.9. The van der Waals surface area contributed by atoms with Crippen molar-refractivity contribution >= 4 is 33.0 Å². The summed E-state index contributed by atoms with van der Waals surface area (Å²) in [5, 5.41) is 0.152. The lowest BCUT2D eigenvalue weighted by Gasteiger charge is -2.57. The van der Waals surface area contributed by atoms with Crippen LogP contribution in [0.15, 0.2) is 66.7 Å². The van der Waals surface area contributed by atoms with Crippen LogP contribution in [-0.2, 0) is 9.84 Å². The average molecular weight is 554 g/mol. The minimum Gasteiger partial charge on any atom is -0.309 e. The van der Waals surface area contributed by atoms with Crippen LogP contribution in [0.3, 0.4) is 0 Å². The summed E-state index contributed by atoms with van der Waals surface area (Å²) in [6, 6.07) is 17.9. The Morgan fingerprint density at radius 3 is 1.69 bits per heavy atom. The smallest absolute Gasteiger partial charge is 0.155 e. The number of hydrogen-bond acceptors (Lipinski definition) is 4. The monoisotopic (exact) mass is 552 g/mol. The first-order valence-corrected chi connectivity index (χ1v) is 14.1. The Hall–Kier alpha value is -2.03. The maximum absolute atomic E-state index is 14.2. The molecule has 0 aromatic heterocycles. The number of halogens is 4. The van der Waals surface area contributed by atoms with E-state index in [4.69, 9.17) is 23.2 Å². The lowest BCUT2D eigenvalue weighted by atomic mass is 9.72. The average Bonchev–Trinajstić information content (AvgIpc) is 2.73. The zero-order chi connectivity index (χ0) is 26.3. The van der Waals surface area contributed by atoms with Crippen molar-refractivity contribution in [3.8, 4) is 0 Å². The summed E-state index contributed by atoms with van der Waals surface area (Å²) in [5.41, 5.74) is 1.33. The topological polar surface area (TPSA) is 40.6 Å². The molecule has 3 aromatic carbocycles. The second-order valence-corrected chi connectivity index (χ2v) is 12.9. The van der Waals surface area contributed by atoms with Gasteiger partial charge < -0.3 is 4.90 Å². The molecule has 3 aromatic rings. The fourth-order valence-electron chi connectivity index (χ4n) is 5.61. The molecule has 0 N–H and O–H groups in total. The van der Waals surface area contributed by atoms with E-state index >= 15 is 0 Å². The van der Waals surface area contributed by atoms with E-state index < -0.39 is 32.1 Å². The molecule has 1 aliphatic heterocycles. The zero-order valence-electron chi connectivity index (χ0n) is 20.3. The van der Waals surface area contributed by atoms with Crippen molar-refractivity contribution in [2.24, 2.45) is 5.41 Å². The molecule has 36 heavy (non-hydrogen) atoms. The Balaban J connectivity index is 1.78. The fraction of sp³-hybridized carbons (Fsp3) is 0.333. The van der Waals surface area contributed by atoms with E-state index in [-0.39, 0.29) is 11.6 Å². The van der Waals surface area contributed by atoms with Gasteiger partial charge in [0.1, 0.15) is 11.6 Å². The van der Waals surface area contributed by atoms with E-state index in [0.29, 0.717) is 29.7 Å². The van der Waals surface area contributed by atoms with E-state index in [0.717, 1.165) is 35.6 Å². The molecule has 9 heteroatoms. The van der Waals surface area contributed by atoms with Crippen LogP contribution in [0.2, 0.25) is 10.0 Å². The highest BCUT2D eigenvalue weighted by atomic mass is 35.5. The molecule has 0 saturated carbocycles. The van der Waals surface area contributed by atoms with Gasteiger partial charge in [-0.15, -0.1) is 0 Å². The van der Waals surface area contributed by atoms with Crippen LogP contribution in [0.5, 0.6) is 0 Å². The predicted molar refractivity (Wildman–Crippen MR) is 141 cm³/mol. The largest absolute Gasteiger partial charge is 0.309 e. The molecule has 0 radical (unpaired) electrons. The van der Waals surface area contributed by atoms with Crippen molar-refractivity contribution in [2.45, 2.75) is 11.3 Å². The van der Waals surface area contributed by atoms with Crippen LogP contribution in [0.1, 0.15) is 28.0 Å². The third kappa shape index (κ3) is 5.76. The highest BCUT2D eigenvalue weighted by Gasteiger charge is 2.55. The van der Waals surface area contributed by atoms with Crippen molar-refractivity contribution in [1.82, 2.24) is 9.80 Å². The lowest BCUT2D eigenvalue weighted by molar-refractivity contribution is -0.0404. The second-order valence-electron chi connectivity index (χ2n) is 9.92. The van der Waals surface area contributed by atoms with Crippen LogP contribution in [0, 0.1) is 17.0 Å². The van der Waals surface area contributed by atoms with Crippen molar-refractivity contribution in [3.63, 3.8) is 0 Å². The third-order valence-corrected chi connectivity index (χ3v) is 8.71. The fourth-order valence-corrected chi connectivity index (χ4v) is 7.62. The summed E-state index contributed by atoms with van der Waals surface area (Å²) in [5.74, 6) is -1.59. The van der Waals surface area contributed by atoms with Gasteiger partial charge in [-0.1, -0.05) is 47.5 Å². The van der Waals surface area contributed by atoms with Crippen molar-refractivity contribution in [2.75, 3.05) is 40.0 Å². The molecule has 1 saturated heterocycles. The van der Waals surface area contributed by atoms with Gasteiger partial charge in [0.2, 0.25) is 0 Å². The van der Waals surface area contributed by atoms with E-state index in [1.54, 1.807) is 0 Å². The van der Waals surface area contributed by atoms with Gasteiger partial charge in [0, 0.05) is 47.4 Å². The first-order valence-electron chi connectivity index (χ1n) is 11.4. The Bertz CT molecular complexity index is 1260. The van der Waals surface area contributed by atoms with Crippen LogP contribution < -0.4 is 0 Å². The first kappa shape index (κ1) is 27.0. The minimum atomic E-state index is -3.73. The maximum atomic E-state index is 14.2. The Labute approximate surface area is 221 Å². The van der Waals surface area contributed by atoms with Gasteiger partial charge in [-0.3, -0.25) is 4.90 Å². The molecular weight excluding hydrogens is 525 g/mol. The number of benzene rings is 3. The summed E-state index contributed by atoms with van der Waals surface area (Å²) in [7, 11) is 0.00688. The molecule has 0 amide bonds. The summed E-state index contributed by atoms with van der Waals surface area (Å²) in [6.45, 7) is 1.22. The van der Waals surface area contributed by atoms with E-state index in [1.807, 2.05) is 67.5 Å². The highest BCUT2D eigenvalue weighted by molar-refractivity contribution is 7.91. The number of nitrogens with zero attached hydrogens (tertiary/aromatic N) is 2. The van der Waals surface area contributed by atoms with Crippen LogP contribution in [0.4, 0.5) is 8.78 Å². The summed E-state index contributed by atoms with van der Waals surface area (Å²) >= 11 is 12.3. The Kier molecular flexibility index (Phi) is 7.79. The summed E-state index contributed by atoms with van der Waals surface area (Å²) in [6.07, 6.45) is 1.14. The quantitative estimate of drug-likeness (QED) is 0.343. The van der Waals surface area contributed by atoms with Crippen molar-refractivity contribution in [3.05, 3.63) is 105 Å². The molecule has 1 aliphatic rings. The minimum absolute atomic E-state index is 0.131. The van der Waals surface area contributed by atoms with Crippen LogP contribution >= 0.6 is 23.2 Å². The lowest BCUT2D eigenvalue weighted by Crippen LogP contribution is -2.64. The molecule has 192 valence electrons. The van der Waals surface area contributed by atoms with Gasteiger partial charge in [-0.25, -0.2) is 17.2 Å². The van der Waals surface area contributed by atoms with Gasteiger partial charge >= 0.3 is 0 Å². The normalized spacial score (nSPS) is 16.8. The highest BCUT2D eigenvalue weighted by Crippen LogP contribution is 2.51. The van der Waals surface area contributed by atoms with Crippen LogP contribution in [0.25, 0.3) is 0 Å². The standard InChI is InChI=1S/C27H28Cl2F2N2O2S/c1-32(2)15-27(26(36(3,34)35)20-12-23(30)14-24(31)13-20)16-33(17-27)25(18-4-8-21(28)9-5-18)19-6-10-22(29)11-7-19/h4-14,25-26H,15-17H2,1-3H3. The molecule has 1 atom stereocenters. The van der Waals surface area contributed by atoms with Crippen molar-refractivity contribution < 1.29 is 17.2 Å². The van der Waals surface area contributed by atoms with E-state index in [1.165, 1.54) is 0 Å². The molecule has 0 aliphatic carbocycles. The van der Waals surface area contributed by atoms with Crippen LogP contribution in [-0.4, -0.2) is 58.2 Å². The second kappa shape index (κ2) is 10.4. The number of sulfone groups is 1. The Morgan fingerprint density at radius 1 is 0.861 bits per heavy atom. The zero-order valence-corrected chi connectivity index (χ0v) is 22.6. The van der Waals surface area contributed by atoms with Gasteiger partial charge in [-0.2, -0.15) is 0 Å². The molecule has 4 rings (SSSR count). The molecular formula is C27H28Cl2F2N2O2S. The van der Waals surface area contributed by atoms with Crippen molar-refractivity contribution in [1.29, 1.82) is 0 Å². The molecule has 4 nitrogen and oxygen atoms in total. The van der Waals surface area contributed by atoms with Gasteiger partial charge in [0.05, 0.1) is 11.3 Å². The molecule has 1 unspecified atom stereocenters. The summed E-state index contributed by atoms with van der Waals surface area (Å²) < 4.78 is 54.7. The van der Waals surface area contributed by atoms with Gasteiger partial charge in [-0.05, 0) is 67.2 Å². The number of hydrogen-bond donors (Lipinski definition) is 0. The van der Waals surface area contributed by atoms with Gasteiger partial charge in [0.15, 0.2) is 9.84 Å². The Morgan fingerprint density at radius 2 is 1.31 bits per heavy atom. The molecule has 1 fully saturated rings. The third-order valence-electron chi connectivity index (χ3n) is 6.58.